The number of carboxylic acid groups (broad SMARTS) is 1. The van der Waals surface area contributed by atoms with E-state index in [1.54, 1.807) is 30.3 Å². The molecule has 0 aromatic heterocycles. The molecule has 2 rings (SSSR count). The minimum Gasteiger partial charge on any atom is -0.478 e. The third-order valence-electron chi connectivity index (χ3n) is 2.48. The average molecular weight is 320 g/mol. The Morgan fingerprint density at radius 1 is 1.00 bits per heavy atom. The number of rotatable bonds is 3. The lowest BCUT2D eigenvalue weighted by atomic mass is 10.1. The summed E-state index contributed by atoms with van der Waals surface area (Å²) < 4.78 is 0.830. The number of hydrogen-bond donors (Lipinski definition) is 2. The van der Waals surface area contributed by atoms with Crippen molar-refractivity contribution in [2.24, 2.45) is 0 Å². The van der Waals surface area contributed by atoms with Gasteiger partial charge in [0.1, 0.15) is 0 Å². The normalized spacial score (nSPS) is 9.95. The van der Waals surface area contributed by atoms with E-state index in [1.165, 1.54) is 12.1 Å². The van der Waals surface area contributed by atoms with Gasteiger partial charge >= 0.3 is 5.97 Å². The summed E-state index contributed by atoms with van der Waals surface area (Å²) in [5.41, 5.74) is 0.713. The van der Waals surface area contributed by atoms with Crippen molar-refractivity contribution in [3.8, 4) is 0 Å². The van der Waals surface area contributed by atoms with Crippen LogP contribution >= 0.6 is 15.9 Å². The van der Waals surface area contributed by atoms with Gasteiger partial charge in [-0.1, -0.05) is 34.1 Å². The number of halogens is 1. The third kappa shape index (κ3) is 3.20. The van der Waals surface area contributed by atoms with Crippen molar-refractivity contribution < 1.29 is 14.7 Å². The molecule has 96 valence electrons. The molecule has 1 amide bonds. The lowest BCUT2D eigenvalue weighted by Crippen LogP contribution is -2.16. The Morgan fingerprint density at radius 3 is 2.32 bits per heavy atom. The van der Waals surface area contributed by atoms with Crippen LogP contribution < -0.4 is 5.32 Å². The largest absolute Gasteiger partial charge is 0.478 e. The van der Waals surface area contributed by atoms with Crippen molar-refractivity contribution in [3.05, 3.63) is 64.1 Å². The molecule has 5 heteroatoms. The highest BCUT2D eigenvalue weighted by Gasteiger charge is 2.15. The van der Waals surface area contributed by atoms with Crippen molar-refractivity contribution in [1.82, 2.24) is 0 Å². The molecule has 2 aromatic carbocycles. The molecule has 0 saturated carbocycles. The number of anilines is 1. The van der Waals surface area contributed by atoms with E-state index in [4.69, 9.17) is 5.11 Å². The highest BCUT2D eigenvalue weighted by atomic mass is 79.9. The zero-order valence-electron chi connectivity index (χ0n) is 9.76. The highest BCUT2D eigenvalue weighted by Crippen LogP contribution is 2.17. The minimum absolute atomic E-state index is 0.0185. The highest BCUT2D eigenvalue weighted by molar-refractivity contribution is 9.10. The SMILES string of the molecule is O=C(O)c1ccccc1C(=O)Nc1cccc(Br)c1. The molecular formula is C14H10BrNO3. The van der Waals surface area contributed by atoms with Crippen LogP contribution in [0, 0.1) is 0 Å². The minimum atomic E-state index is -1.13. The first kappa shape index (κ1) is 13.3. The molecule has 0 radical (unpaired) electrons. The van der Waals surface area contributed by atoms with Crippen molar-refractivity contribution >= 4 is 33.5 Å². The van der Waals surface area contributed by atoms with Crippen molar-refractivity contribution in [1.29, 1.82) is 0 Å². The molecule has 0 aliphatic heterocycles. The van der Waals surface area contributed by atoms with Gasteiger partial charge in [0.05, 0.1) is 11.1 Å². The lowest BCUT2D eigenvalue weighted by Gasteiger charge is -2.07. The topological polar surface area (TPSA) is 66.4 Å². The molecule has 2 N–H and O–H groups in total. The van der Waals surface area contributed by atoms with Crippen LogP contribution in [-0.2, 0) is 0 Å². The van der Waals surface area contributed by atoms with E-state index < -0.39 is 11.9 Å². The molecule has 0 aliphatic rings. The van der Waals surface area contributed by atoms with Crippen LogP contribution in [-0.4, -0.2) is 17.0 Å². The Balaban J connectivity index is 2.28. The molecule has 0 heterocycles. The van der Waals surface area contributed by atoms with Gasteiger partial charge in [-0.2, -0.15) is 0 Å². The molecule has 0 spiro atoms. The van der Waals surface area contributed by atoms with Gasteiger partial charge < -0.3 is 10.4 Å². The number of carbonyl (C=O) groups excluding carboxylic acids is 1. The Labute approximate surface area is 118 Å². The molecule has 0 unspecified atom stereocenters. The summed E-state index contributed by atoms with van der Waals surface area (Å²) in [5, 5.41) is 11.7. The first-order valence-electron chi connectivity index (χ1n) is 5.47. The molecule has 0 saturated heterocycles. The van der Waals surface area contributed by atoms with Crippen LogP contribution in [0.15, 0.2) is 53.0 Å². The summed E-state index contributed by atoms with van der Waals surface area (Å²) in [6.07, 6.45) is 0. The second-order valence-electron chi connectivity index (χ2n) is 3.82. The predicted molar refractivity (Wildman–Crippen MR) is 75.5 cm³/mol. The number of carbonyl (C=O) groups is 2. The maximum atomic E-state index is 12.1. The number of nitrogens with one attached hydrogen (secondary N) is 1. The summed E-state index contributed by atoms with van der Waals surface area (Å²) in [7, 11) is 0. The Hall–Kier alpha value is -2.14. The van der Waals surface area contributed by atoms with Crippen LogP contribution in [0.2, 0.25) is 0 Å². The van der Waals surface area contributed by atoms with E-state index >= 15 is 0 Å². The van der Waals surface area contributed by atoms with Gasteiger partial charge in [0, 0.05) is 10.2 Å². The second kappa shape index (κ2) is 5.67. The maximum Gasteiger partial charge on any atom is 0.336 e. The van der Waals surface area contributed by atoms with E-state index in [0.717, 1.165) is 4.47 Å². The van der Waals surface area contributed by atoms with Crippen molar-refractivity contribution in [2.45, 2.75) is 0 Å². The van der Waals surface area contributed by atoms with Gasteiger partial charge in [0.15, 0.2) is 0 Å². The van der Waals surface area contributed by atoms with Gasteiger partial charge in [-0.25, -0.2) is 4.79 Å². The fourth-order valence-electron chi connectivity index (χ4n) is 1.63. The summed E-state index contributed by atoms with van der Waals surface area (Å²) in [6.45, 7) is 0. The van der Waals surface area contributed by atoms with E-state index in [0.29, 0.717) is 5.69 Å². The molecule has 19 heavy (non-hydrogen) atoms. The van der Waals surface area contributed by atoms with Gasteiger partial charge in [0.2, 0.25) is 0 Å². The molecule has 0 aliphatic carbocycles. The molecule has 0 fully saturated rings. The Morgan fingerprint density at radius 2 is 1.68 bits per heavy atom. The van der Waals surface area contributed by atoms with E-state index in [1.807, 2.05) is 6.07 Å². The molecule has 4 nitrogen and oxygen atoms in total. The first-order chi connectivity index (χ1) is 9.08. The smallest absolute Gasteiger partial charge is 0.336 e. The van der Waals surface area contributed by atoms with Gasteiger partial charge in [0.25, 0.3) is 5.91 Å². The van der Waals surface area contributed by atoms with Gasteiger partial charge in [-0.05, 0) is 30.3 Å². The van der Waals surface area contributed by atoms with Crippen LogP contribution in [0.4, 0.5) is 5.69 Å². The van der Waals surface area contributed by atoms with Crippen LogP contribution in [0.1, 0.15) is 20.7 Å². The number of aromatic carboxylic acids is 1. The van der Waals surface area contributed by atoms with E-state index in [2.05, 4.69) is 21.2 Å². The van der Waals surface area contributed by atoms with Crippen LogP contribution in [0.5, 0.6) is 0 Å². The predicted octanol–water partition coefficient (Wildman–Crippen LogP) is 3.40. The fourth-order valence-corrected chi connectivity index (χ4v) is 2.03. The molecular weight excluding hydrogens is 310 g/mol. The first-order valence-corrected chi connectivity index (χ1v) is 6.26. The molecule has 0 atom stereocenters. The van der Waals surface area contributed by atoms with Crippen molar-refractivity contribution in [2.75, 3.05) is 5.32 Å². The number of carboxylic acids is 1. The second-order valence-corrected chi connectivity index (χ2v) is 4.73. The Kier molecular flexibility index (Phi) is 3.97. The summed E-state index contributed by atoms with van der Waals surface area (Å²) in [5.74, 6) is -1.57. The zero-order chi connectivity index (χ0) is 13.8. The molecule has 2 aromatic rings. The van der Waals surface area contributed by atoms with Gasteiger partial charge in [-0.15, -0.1) is 0 Å². The third-order valence-corrected chi connectivity index (χ3v) is 2.98. The quantitative estimate of drug-likeness (QED) is 0.911. The van der Waals surface area contributed by atoms with Crippen molar-refractivity contribution in [3.63, 3.8) is 0 Å². The maximum absolute atomic E-state index is 12.1. The lowest BCUT2D eigenvalue weighted by molar-refractivity contribution is 0.0692. The Bertz CT molecular complexity index is 640. The van der Waals surface area contributed by atoms with Crippen LogP contribution in [0.3, 0.4) is 0 Å². The monoisotopic (exact) mass is 319 g/mol. The summed E-state index contributed by atoms with van der Waals surface area (Å²) in [4.78, 5) is 23.1. The molecule has 0 bridgehead atoms. The number of amides is 1. The van der Waals surface area contributed by atoms with E-state index in [9.17, 15) is 9.59 Å². The zero-order valence-corrected chi connectivity index (χ0v) is 11.3. The summed E-state index contributed by atoms with van der Waals surface area (Å²) in [6, 6.07) is 13.2. The fraction of sp³-hybridized carbons (Fsp3) is 0. The number of benzene rings is 2. The van der Waals surface area contributed by atoms with Gasteiger partial charge in [-0.3, -0.25) is 4.79 Å². The average Bonchev–Trinajstić information content (AvgIpc) is 2.38. The standard InChI is InChI=1S/C14H10BrNO3/c15-9-4-3-5-10(8-9)16-13(17)11-6-1-2-7-12(11)14(18)19/h1-8H,(H,16,17)(H,18,19). The van der Waals surface area contributed by atoms with E-state index in [-0.39, 0.29) is 11.1 Å². The summed E-state index contributed by atoms with van der Waals surface area (Å²) >= 11 is 3.30. The number of hydrogen-bond acceptors (Lipinski definition) is 2. The van der Waals surface area contributed by atoms with Crippen LogP contribution in [0.25, 0.3) is 0 Å².